The summed E-state index contributed by atoms with van der Waals surface area (Å²) in [7, 11) is 0. The first kappa shape index (κ1) is 18.6. The molecule has 6 heteroatoms. The summed E-state index contributed by atoms with van der Waals surface area (Å²) in [6.45, 7) is 0.307. The normalized spacial score (nSPS) is 13.5. The minimum atomic E-state index is -1.05. The highest BCUT2D eigenvalue weighted by atomic mass is 16.4. The van der Waals surface area contributed by atoms with E-state index in [0.717, 1.165) is 30.5 Å². The second-order valence-electron chi connectivity index (χ2n) is 6.73. The first-order chi connectivity index (χ1) is 13.0. The van der Waals surface area contributed by atoms with E-state index < -0.39 is 5.97 Å². The van der Waals surface area contributed by atoms with Crippen LogP contribution in [0.2, 0.25) is 0 Å². The van der Waals surface area contributed by atoms with Crippen LogP contribution in [0, 0.1) is 5.92 Å². The van der Waals surface area contributed by atoms with E-state index in [1.165, 1.54) is 6.07 Å². The Labute approximate surface area is 157 Å². The van der Waals surface area contributed by atoms with Crippen molar-refractivity contribution >= 4 is 23.5 Å². The van der Waals surface area contributed by atoms with Crippen LogP contribution >= 0.6 is 0 Å². The third kappa shape index (κ3) is 4.94. The molecule has 0 unspecified atom stereocenters. The summed E-state index contributed by atoms with van der Waals surface area (Å²) in [6.07, 6.45) is 2.99. The molecule has 27 heavy (non-hydrogen) atoms. The van der Waals surface area contributed by atoms with E-state index in [1.54, 1.807) is 18.2 Å². The van der Waals surface area contributed by atoms with Crippen molar-refractivity contribution in [2.75, 3.05) is 5.32 Å². The zero-order valence-corrected chi connectivity index (χ0v) is 14.9. The maximum atomic E-state index is 12.2. The average molecular weight is 366 g/mol. The molecular weight excluding hydrogens is 344 g/mol. The highest BCUT2D eigenvalue weighted by molar-refractivity contribution is 5.93. The Kier molecular flexibility index (Phi) is 5.86. The van der Waals surface area contributed by atoms with Gasteiger partial charge in [0.15, 0.2) is 0 Å². The second kappa shape index (κ2) is 8.49. The Balaban J connectivity index is 1.55. The van der Waals surface area contributed by atoms with Gasteiger partial charge in [-0.15, -0.1) is 0 Å². The number of hydrogen-bond donors (Lipinski definition) is 3. The topological polar surface area (TPSA) is 95.5 Å². The molecule has 3 N–H and O–H groups in total. The molecule has 1 fully saturated rings. The molecule has 0 spiro atoms. The van der Waals surface area contributed by atoms with Gasteiger partial charge in [0.25, 0.3) is 0 Å². The first-order valence-corrected chi connectivity index (χ1v) is 9.00. The summed E-state index contributed by atoms with van der Waals surface area (Å²) in [6, 6.07) is 13.8. The molecule has 0 saturated heterocycles. The number of rotatable bonds is 7. The van der Waals surface area contributed by atoms with E-state index in [2.05, 4.69) is 10.6 Å². The van der Waals surface area contributed by atoms with Crippen LogP contribution in [0.25, 0.3) is 0 Å². The Morgan fingerprint density at radius 3 is 2.52 bits per heavy atom. The Hall–Kier alpha value is -3.15. The van der Waals surface area contributed by atoms with Crippen LogP contribution in [-0.2, 0) is 22.6 Å². The van der Waals surface area contributed by atoms with Crippen molar-refractivity contribution in [3.05, 3.63) is 65.2 Å². The van der Waals surface area contributed by atoms with Gasteiger partial charge >= 0.3 is 5.97 Å². The SMILES string of the molecule is O=C(Cc1ccccc1C(=O)O)NCc1cccc(NC(=O)C2CCC2)c1. The van der Waals surface area contributed by atoms with Crippen LogP contribution in [0.15, 0.2) is 48.5 Å². The molecule has 1 aliphatic carbocycles. The molecule has 3 rings (SSSR count). The van der Waals surface area contributed by atoms with Crippen LogP contribution in [0.3, 0.4) is 0 Å². The predicted octanol–water partition coefficient (Wildman–Crippen LogP) is 2.98. The van der Waals surface area contributed by atoms with Crippen LogP contribution < -0.4 is 10.6 Å². The Bertz CT molecular complexity index is 859. The molecule has 0 heterocycles. The highest BCUT2D eigenvalue weighted by Gasteiger charge is 2.25. The van der Waals surface area contributed by atoms with Gasteiger partial charge in [-0.25, -0.2) is 4.79 Å². The molecule has 0 aromatic heterocycles. The van der Waals surface area contributed by atoms with Gasteiger partial charge in [0.05, 0.1) is 12.0 Å². The summed E-state index contributed by atoms with van der Waals surface area (Å²) in [5.41, 5.74) is 2.19. The van der Waals surface area contributed by atoms with Gasteiger partial charge in [-0.3, -0.25) is 9.59 Å². The van der Waals surface area contributed by atoms with E-state index in [9.17, 15) is 19.5 Å². The number of anilines is 1. The van der Waals surface area contributed by atoms with Gasteiger partial charge in [-0.1, -0.05) is 36.8 Å². The lowest BCUT2D eigenvalue weighted by Crippen LogP contribution is -2.28. The number of nitrogens with one attached hydrogen (secondary N) is 2. The number of carboxylic acids is 1. The van der Waals surface area contributed by atoms with Crippen molar-refractivity contribution in [3.8, 4) is 0 Å². The van der Waals surface area contributed by atoms with Gasteiger partial charge in [0, 0.05) is 18.2 Å². The highest BCUT2D eigenvalue weighted by Crippen LogP contribution is 2.27. The molecule has 140 valence electrons. The molecule has 0 atom stereocenters. The molecular formula is C21H22N2O4. The second-order valence-corrected chi connectivity index (χ2v) is 6.73. The number of hydrogen-bond acceptors (Lipinski definition) is 3. The van der Waals surface area contributed by atoms with Crippen LogP contribution in [0.1, 0.15) is 40.7 Å². The molecule has 2 amide bonds. The van der Waals surface area contributed by atoms with E-state index >= 15 is 0 Å². The lowest BCUT2D eigenvalue weighted by molar-refractivity contribution is -0.122. The maximum Gasteiger partial charge on any atom is 0.335 e. The van der Waals surface area contributed by atoms with Crippen molar-refractivity contribution in [2.24, 2.45) is 5.92 Å². The standard InChI is InChI=1S/C21H22N2O4/c24-19(12-16-6-1-2-10-18(16)21(26)27)22-13-14-5-3-9-17(11-14)23-20(25)15-7-4-8-15/h1-3,5-6,9-11,15H,4,7-8,12-13H2,(H,22,24)(H,23,25)(H,26,27). The fourth-order valence-electron chi connectivity index (χ4n) is 2.99. The van der Waals surface area contributed by atoms with Crippen LogP contribution in [0.4, 0.5) is 5.69 Å². The first-order valence-electron chi connectivity index (χ1n) is 9.00. The van der Waals surface area contributed by atoms with Crippen molar-refractivity contribution in [1.82, 2.24) is 5.32 Å². The number of carboxylic acid groups (broad SMARTS) is 1. The predicted molar refractivity (Wildman–Crippen MR) is 101 cm³/mol. The lowest BCUT2D eigenvalue weighted by Gasteiger charge is -2.24. The molecule has 0 radical (unpaired) electrons. The summed E-state index contributed by atoms with van der Waals surface area (Å²) in [5, 5.41) is 14.9. The Morgan fingerprint density at radius 2 is 1.81 bits per heavy atom. The van der Waals surface area contributed by atoms with E-state index in [1.807, 2.05) is 24.3 Å². The average Bonchev–Trinajstić information content (AvgIpc) is 2.59. The van der Waals surface area contributed by atoms with Gasteiger partial charge in [-0.05, 0) is 42.2 Å². The fourth-order valence-corrected chi connectivity index (χ4v) is 2.99. The maximum absolute atomic E-state index is 12.2. The van der Waals surface area contributed by atoms with Crippen LogP contribution in [-0.4, -0.2) is 22.9 Å². The van der Waals surface area contributed by atoms with Gasteiger partial charge in [0.2, 0.25) is 11.8 Å². The van der Waals surface area contributed by atoms with Gasteiger partial charge in [-0.2, -0.15) is 0 Å². The number of amides is 2. The van der Waals surface area contributed by atoms with Gasteiger partial charge in [0.1, 0.15) is 0 Å². The Morgan fingerprint density at radius 1 is 1.04 bits per heavy atom. The molecule has 0 aliphatic heterocycles. The molecule has 6 nitrogen and oxygen atoms in total. The number of benzene rings is 2. The molecule has 1 aliphatic rings. The van der Waals surface area contributed by atoms with E-state index in [4.69, 9.17) is 0 Å². The number of carbonyl (C=O) groups excluding carboxylic acids is 2. The van der Waals surface area contributed by atoms with Gasteiger partial charge < -0.3 is 15.7 Å². The molecule has 1 saturated carbocycles. The summed E-state index contributed by atoms with van der Waals surface area (Å²) < 4.78 is 0. The number of aromatic carboxylic acids is 1. The molecule has 2 aromatic carbocycles. The van der Waals surface area contributed by atoms with Crippen molar-refractivity contribution in [1.29, 1.82) is 0 Å². The third-order valence-electron chi connectivity index (χ3n) is 4.76. The minimum absolute atomic E-state index is 0.000575. The van der Waals surface area contributed by atoms with Crippen molar-refractivity contribution in [3.63, 3.8) is 0 Å². The minimum Gasteiger partial charge on any atom is -0.478 e. The zero-order valence-electron chi connectivity index (χ0n) is 14.9. The number of carbonyl (C=O) groups is 3. The zero-order chi connectivity index (χ0) is 19.2. The quantitative estimate of drug-likeness (QED) is 0.702. The lowest BCUT2D eigenvalue weighted by atomic mass is 9.85. The van der Waals surface area contributed by atoms with Crippen LogP contribution in [0.5, 0.6) is 0 Å². The third-order valence-corrected chi connectivity index (χ3v) is 4.76. The monoisotopic (exact) mass is 366 g/mol. The van der Waals surface area contributed by atoms with E-state index in [-0.39, 0.29) is 29.7 Å². The summed E-state index contributed by atoms with van der Waals surface area (Å²) in [5.74, 6) is -1.14. The largest absolute Gasteiger partial charge is 0.478 e. The fraction of sp³-hybridized carbons (Fsp3) is 0.286. The summed E-state index contributed by atoms with van der Waals surface area (Å²) in [4.78, 5) is 35.4. The smallest absolute Gasteiger partial charge is 0.335 e. The van der Waals surface area contributed by atoms with Crippen molar-refractivity contribution < 1.29 is 19.5 Å². The summed E-state index contributed by atoms with van der Waals surface area (Å²) >= 11 is 0. The molecule has 0 bridgehead atoms. The van der Waals surface area contributed by atoms with Crippen molar-refractivity contribution in [2.45, 2.75) is 32.2 Å². The van der Waals surface area contributed by atoms with E-state index in [0.29, 0.717) is 12.1 Å². The molecule has 2 aromatic rings.